The van der Waals surface area contributed by atoms with Crippen molar-refractivity contribution in [2.45, 2.75) is 13.8 Å². The van der Waals surface area contributed by atoms with Gasteiger partial charge in [0.05, 0.1) is 6.61 Å². The van der Waals surface area contributed by atoms with E-state index < -0.39 is 5.97 Å². The van der Waals surface area contributed by atoms with Gasteiger partial charge in [0, 0.05) is 10.9 Å². The van der Waals surface area contributed by atoms with Crippen molar-refractivity contribution in [2.75, 3.05) is 17.8 Å². The van der Waals surface area contributed by atoms with Crippen molar-refractivity contribution in [3.63, 3.8) is 0 Å². The lowest BCUT2D eigenvalue weighted by Crippen LogP contribution is -2.15. The molecule has 2 aromatic rings. The molecule has 0 saturated heterocycles. The van der Waals surface area contributed by atoms with Gasteiger partial charge in [-0.25, -0.2) is 4.79 Å². The molecule has 1 aromatic carbocycles. The van der Waals surface area contributed by atoms with Crippen molar-refractivity contribution in [1.29, 1.82) is 0 Å². The SMILES string of the molecule is CCOC(=O)c1c(-c2ccccc2C)csc1NC(=O)CCl. The normalized spacial score (nSPS) is 10.3. The first-order chi connectivity index (χ1) is 10.6. The molecule has 1 amide bonds. The van der Waals surface area contributed by atoms with Crippen LogP contribution in [0.15, 0.2) is 29.6 Å². The highest BCUT2D eigenvalue weighted by Gasteiger charge is 2.23. The van der Waals surface area contributed by atoms with Crippen LogP contribution < -0.4 is 5.32 Å². The second-order valence-corrected chi connectivity index (χ2v) is 5.72. The number of ether oxygens (including phenoxy) is 1. The average Bonchev–Trinajstić information content (AvgIpc) is 2.91. The summed E-state index contributed by atoms with van der Waals surface area (Å²) in [5.74, 6) is -0.975. The van der Waals surface area contributed by atoms with Gasteiger partial charge in [-0.3, -0.25) is 4.79 Å². The fourth-order valence-corrected chi connectivity index (χ4v) is 3.12. The summed E-state index contributed by atoms with van der Waals surface area (Å²) in [6.45, 7) is 3.98. The number of benzene rings is 1. The molecule has 0 atom stereocenters. The van der Waals surface area contributed by atoms with Crippen LogP contribution in [0.25, 0.3) is 11.1 Å². The largest absolute Gasteiger partial charge is 0.462 e. The minimum atomic E-state index is -0.452. The summed E-state index contributed by atoms with van der Waals surface area (Å²) >= 11 is 6.81. The van der Waals surface area contributed by atoms with Gasteiger partial charge in [-0.1, -0.05) is 24.3 Å². The highest BCUT2D eigenvalue weighted by molar-refractivity contribution is 7.15. The topological polar surface area (TPSA) is 55.4 Å². The standard InChI is InChI=1S/C16H16ClNO3S/c1-3-21-16(20)14-12(11-7-5-4-6-10(11)2)9-22-15(14)18-13(19)8-17/h4-7,9H,3,8H2,1-2H3,(H,18,19). The van der Waals surface area contributed by atoms with Gasteiger partial charge >= 0.3 is 5.97 Å². The summed E-state index contributed by atoms with van der Waals surface area (Å²) in [5.41, 5.74) is 3.11. The molecule has 0 radical (unpaired) electrons. The van der Waals surface area contributed by atoms with Crippen LogP contribution in [0.2, 0.25) is 0 Å². The Morgan fingerprint density at radius 2 is 2.00 bits per heavy atom. The van der Waals surface area contributed by atoms with Gasteiger partial charge in [0.25, 0.3) is 0 Å². The Labute approximate surface area is 138 Å². The lowest BCUT2D eigenvalue weighted by molar-refractivity contribution is -0.113. The van der Waals surface area contributed by atoms with Crippen LogP contribution in [-0.4, -0.2) is 24.4 Å². The van der Waals surface area contributed by atoms with E-state index in [2.05, 4.69) is 5.32 Å². The number of alkyl halides is 1. The molecule has 1 N–H and O–H groups in total. The number of hydrogen-bond acceptors (Lipinski definition) is 4. The molecule has 1 aromatic heterocycles. The molecule has 0 unspecified atom stereocenters. The Morgan fingerprint density at radius 1 is 1.27 bits per heavy atom. The van der Waals surface area contributed by atoms with Gasteiger partial charge in [0.2, 0.25) is 5.91 Å². The van der Waals surface area contributed by atoms with Crippen LogP contribution >= 0.6 is 22.9 Å². The van der Waals surface area contributed by atoms with Gasteiger partial charge in [-0.2, -0.15) is 0 Å². The van der Waals surface area contributed by atoms with E-state index in [1.54, 1.807) is 6.92 Å². The molecule has 0 saturated carbocycles. The van der Waals surface area contributed by atoms with E-state index in [0.717, 1.165) is 16.7 Å². The number of amides is 1. The summed E-state index contributed by atoms with van der Waals surface area (Å²) in [6.07, 6.45) is 0. The average molecular weight is 338 g/mol. The predicted molar refractivity (Wildman–Crippen MR) is 89.8 cm³/mol. The van der Waals surface area contributed by atoms with Gasteiger partial charge in [-0.15, -0.1) is 22.9 Å². The van der Waals surface area contributed by atoms with Gasteiger partial charge < -0.3 is 10.1 Å². The van der Waals surface area contributed by atoms with E-state index in [-0.39, 0.29) is 18.4 Å². The third-order valence-electron chi connectivity index (χ3n) is 3.08. The lowest BCUT2D eigenvalue weighted by atomic mass is 9.99. The zero-order valence-electron chi connectivity index (χ0n) is 12.3. The quantitative estimate of drug-likeness (QED) is 0.660. The number of carbonyl (C=O) groups is 2. The van der Waals surface area contributed by atoms with E-state index >= 15 is 0 Å². The number of carbonyl (C=O) groups excluding carboxylic acids is 2. The number of anilines is 1. The van der Waals surface area contributed by atoms with Crippen LogP contribution in [-0.2, 0) is 9.53 Å². The number of rotatable bonds is 5. The Hall–Kier alpha value is -1.85. The number of thiophene rings is 1. The van der Waals surface area contributed by atoms with Crippen molar-refractivity contribution in [3.8, 4) is 11.1 Å². The minimum absolute atomic E-state index is 0.167. The van der Waals surface area contributed by atoms with E-state index in [4.69, 9.17) is 16.3 Å². The van der Waals surface area contributed by atoms with Gasteiger partial charge in [-0.05, 0) is 25.0 Å². The molecule has 0 fully saturated rings. The highest BCUT2D eigenvalue weighted by atomic mass is 35.5. The van der Waals surface area contributed by atoms with Crippen molar-refractivity contribution < 1.29 is 14.3 Å². The third-order valence-corrected chi connectivity index (χ3v) is 4.22. The molecule has 2 rings (SSSR count). The summed E-state index contributed by atoms with van der Waals surface area (Å²) in [4.78, 5) is 23.8. The van der Waals surface area contributed by atoms with E-state index in [1.807, 2.05) is 36.6 Å². The molecule has 0 aliphatic heterocycles. The summed E-state index contributed by atoms with van der Waals surface area (Å²) in [6, 6.07) is 7.75. The molecule has 1 heterocycles. The van der Waals surface area contributed by atoms with Crippen molar-refractivity contribution in [1.82, 2.24) is 0 Å². The zero-order valence-corrected chi connectivity index (χ0v) is 13.9. The maximum Gasteiger partial charge on any atom is 0.341 e. The second-order valence-electron chi connectivity index (χ2n) is 4.57. The maximum atomic E-state index is 12.3. The number of esters is 1. The van der Waals surface area contributed by atoms with Crippen LogP contribution in [0.4, 0.5) is 5.00 Å². The first-order valence-electron chi connectivity index (χ1n) is 6.78. The molecular weight excluding hydrogens is 322 g/mol. The number of halogens is 1. The highest BCUT2D eigenvalue weighted by Crippen LogP contribution is 2.37. The molecule has 116 valence electrons. The fraction of sp³-hybridized carbons (Fsp3) is 0.250. The monoisotopic (exact) mass is 337 g/mol. The van der Waals surface area contributed by atoms with E-state index in [1.165, 1.54) is 11.3 Å². The first kappa shape index (κ1) is 16.5. The molecule has 0 bridgehead atoms. The van der Waals surface area contributed by atoms with Crippen molar-refractivity contribution in [3.05, 3.63) is 40.8 Å². The molecule has 0 spiro atoms. The number of hydrogen-bond donors (Lipinski definition) is 1. The summed E-state index contributed by atoms with van der Waals surface area (Å²) in [5, 5.41) is 4.96. The fourth-order valence-electron chi connectivity index (χ4n) is 2.09. The van der Waals surface area contributed by atoms with Crippen LogP contribution in [0, 0.1) is 6.92 Å². The van der Waals surface area contributed by atoms with Crippen molar-refractivity contribution >= 4 is 39.8 Å². The zero-order chi connectivity index (χ0) is 16.1. The predicted octanol–water partition coefficient (Wildman–Crippen LogP) is 4.08. The third kappa shape index (κ3) is 3.48. The molecule has 22 heavy (non-hydrogen) atoms. The van der Waals surface area contributed by atoms with Crippen LogP contribution in [0.1, 0.15) is 22.8 Å². The van der Waals surface area contributed by atoms with E-state index in [0.29, 0.717) is 10.6 Å². The molecule has 0 aliphatic rings. The number of aryl methyl sites for hydroxylation is 1. The van der Waals surface area contributed by atoms with Crippen molar-refractivity contribution in [2.24, 2.45) is 0 Å². The lowest BCUT2D eigenvalue weighted by Gasteiger charge is -2.09. The van der Waals surface area contributed by atoms with Gasteiger partial charge in [0.15, 0.2) is 0 Å². The molecule has 4 nitrogen and oxygen atoms in total. The Morgan fingerprint density at radius 3 is 2.64 bits per heavy atom. The van der Waals surface area contributed by atoms with Crippen LogP contribution in [0.3, 0.4) is 0 Å². The number of nitrogens with one attached hydrogen (secondary N) is 1. The first-order valence-corrected chi connectivity index (χ1v) is 8.20. The smallest absolute Gasteiger partial charge is 0.341 e. The summed E-state index contributed by atoms with van der Waals surface area (Å²) in [7, 11) is 0. The van der Waals surface area contributed by atoms with Crippen LogP contribution in [0.5, 0.6) is 0 Å². The molecule has 0 aliphatic carbocycles. The second kappa shape index (κ2) is 7.42. The molecule has 6 heteroatoms. The summed E-state index contributed by atoms with van der Waals surface area (Å²) < 4.78 is 5.13. The van der Waals surface area contributed by atoms with E-state index in [9.17, 15) is 9.59 Å². The Balaban J connectivity index is 2.52. The Kier molecular flexibility index (Phi) is 5.57. The Bertz CT molecular complexity index is 696. The van der Waals surface area contributed by atoms with Gasteiger partial charge in [0.1, 0.15) is 16.4 Å². The molecular formula is C16H16ClNO3S. The maximum absolute atomic E-state index is 12.3. The minimum Gasteiger partial charge on any atom is -0.462 e.